The summed E-state index contributed by atoms with van der Waals surface area (Å²) in [5.74, 6) is -0.271. The first kappa shape index (κ1) is 53.6. The van der Waals surface area contributed by atoms with Crippen LogP contribution in [0.2, 0.25) is 54.4 Å². The van der Waals surface area contributed by atoms with E-state index in [1.54, 1.807) is 7.11 Å². The molecule has 0 bridgehead atoms. The maximum atomic E-state index is 15.7. The van der Waals surface area contributed by atoms with Gasteiger partial charge in [-0.15, -0.1) is 0 Å². The SMILES string of the molecule is CO[C@H]1O[C@@H](C(=O)[C@@H]2C[C@@H](O[Si](C)(C)C(C)(C)C)[C@H](O[Si](C)(C)C(C)(C)C)[C@@H](CO[Si](C)(C)C(C)(C)C)O2)[C@@H](OCc2ccccc2)[C@H](OCc2ccccc2)[C@H]1OCc1ccccc1. The molecule has 13 heteroatoms. The Hall–Kier alpha value is -2.38. The van der Waals surface area contributed by atoms with E-state index in [0.29, 0.717) is 0 Å². The fourth-order valence-electron chi connectivity index (χ4n) is 7.35. The molecule has 3 aromatic carbocycles. The van der Waals surface area contributed by atoms with Crippen molar-refractivity contribution < 1.29 is 46.5 Å². The molecule has 0 aliphatic carbocycles. The van der Waals surface area contributed by atoms with Crippen molar-refractivity contribution in [3.05, 3.63) is 108 Å². The highest BCUT2D eigenvalue weighted by atomic mass is 28.4. The van der Waals surface area contributed by atoms with Gasteiger partial charge in [0.05, 0.1) is 38.6 Å². The fourth-order valence-corrected chi connectivity index (χ4v) is 11.0. The van der Waals surface area contributed by atoms with Gasteiger partial charge < -0.3 is 41.7 Å². The van der Waals surface area contributed by atoms with Crippen molar-refractivity contribution in [2.24, 2.45) is 0 Å². The Bertz CT molecular complexity index is 1910. The van der Waals surface area contributed by atoms with Crippen LogP contribution in [0.4, 0.5) is 0 Å². The average Bonchev–Trinajstić information content (AvgIpc) is 3.23. The number of methoxy groups -OCH3 is 1. The Balaban J connectivity index is 1.60. The molecule has 0 amide bonds. The molecule has 2 aliphatic rings. The predicted octanol–water partition coefficient (Wildman–Crippen LogP) is 11.6. The van der Waals surface area contributed by atoms with E-state index in [0.717, 1.165) is 16.7 Å². The molecule has 0 aromatic heterocycles. The molecule has 0 N–H and O–H groups in total. The third-order valence-corrected chi connectivity index (χ3v) is 28.1. The maximum absolute atomic E-state index is 15.7. The summed E-state index contributed by atoms with van der Waals surface area (Å²) in [5.41, 5.74) is 2.90. The summed E-state index contributed by atoms with van der Waals surface area (Å²) in [6, 6.07) is 29.9. The lowest BCUT2D eigenvalue weighted by Gasteiger charge is -2.51. The number of Topliss-reactive ketones (excluding diaryl/α,β-unsaturated/α-hetero) is 1. The third-order valence-electron chi connectivity index (χ3n) is 14.6. The van der Waals surface area contributed by atoms with Gasteiger partial charge in [0.2, 0.25) is 0 Å². The van der Waals surface area contributed by atoms with Gasteiger partial charge in [-0.1, -0.05) is 153 Å². The first-order valence-electron chi connectivity index (χ1n) is 23.6. The van der Waals surface area contributed by atoms with Crippen LogP contribution in [-0.4, -0.2) is 99.6 Å². The van der Waals surface area contributed by atoms with Crippen LogP contribution >= 0.6 is 0 Å². The maximum Gasteiger partial charge on any atom is 0.193 e. The molecule has 2 heterocycles. The summed E-state index contributed by atoms with van der Waals surface area (Å²) in [6.45, 7) is 34.7. The van der Waals surface area contributed by atoms with E-state index < -0.39 is 80.1 Å². The van der Waals surface area contributed by atoms with E-state index in [1.807, 2.05) is 91.0 Å². The molecule has 3 aromatic rings. The van der Waals surface area contributed by atoms with Crippen LogP contribution in [0.5, 0.6) is 0 Å². The number of ether oxygens (including phenoxy) is 6. The molecule has 362 valence electrons. The Morgan fingerprint density at radius 3 is 1.40 bits per heavy atom. The van der Waals surface area contributed by atoms with E-state index in [-0.39, 0.29) is 53.7 Å². The Kier molecular flexibility index (Phi) is 18.1. The molecule has 0 saturated carbocycles. The van der Waals surface area contributed by atoms with Crippen LogP contribution in [0.15, 0.2) is 91.0 Å². The Morgan fingerprint density at radius 1 is 0.554 bits per heavy atom. The lowest BCUT2D eigenvalue weighted by molar-refractivity contribution is -0.313. The summed E-state index contributed by atoms with van der Waals surface area (Å²) in [6.07, 6.45) is -6.79. The minimum Gasteiger partial charge on any atom is -0.414 e. The molecule has 65 heavy (non-hydrogen) atoms. The van der Waals surface area contributed by atoms with E-state index in [1.165, 1.54) is 0 Å². The normalized spacial score (nSPS) is 26.2. The lowest BCUT2D eigenvalue weighted by Crippen LogP contribution is -2.66. The second kappa shape index (κ2) is 21.9. The third kappa shape index (κ3) is 13.9. The van der Waals surface area contributed by atoms with E-state index >= 15 is 4.79 Å². The molecule has 0 unspecified atom stereocenters. The number of carbonyl (C=O) groups is 1. The summed E-state index contributed by atoms with van der Waals surface area (Å²) in [5, 5.41) is -0.244. The van der Waals surface area contributed by atoms with E-state index in [4.69, 9.17) is 41.7 Å². The quantitative estimate of drug-likeness (QED) is 0.108. The van der Waals surface area contributed by atoms with Crippen molar-refractivity contribution in [2.75, 3.05) is 13.7 Å². The molecule has 0 radical (unpaired) electrons. The van der Waals surface area contributed by atoms with Crippen molar-refractivity contribution in [2.45, 2.75) is 198 Å². The van der Waals surface area contributed by atoms with Crippen molar-refractivity contribution in [3.8, 4) is 0 Å². The highest BCUT2D eigenvalue weighted by Crippen LogP contribution is 2.45. The topological polar surface area (TPSA) is 100 Å². The lowest BCUT2D eigenvalue weighted by atomic mass is 9.89. The molecular formula is C52H82O10Si3. The van der Waals surface area contributed by atoms with Crippen molar-refractivity contribution in [1.82, 2.24) is 0 Å². The molecule has 2 aliphatic heterocycles. The van der Waals surface area contributed by atoms with Gasteiger partial charge in [-0.05, 0) is 71.1 Å². The van der Waals surface area contributed by atoms with E-state index in [9.17, 15) is 0 Å². The van der Waals surface area contributed by atoms with Gasteiger partial charge >= 0.3 is 0 Å². The minimum absolute atomic E-state index is 0.0496. The molecule has 2 fully saturated rings. The predicted molar refractivity (Wildman–Crippen MR) is 266 cm³/mol. The highest BCUT2D eigenvalue weighted by Gasteiger charge is 2.56. The smallest absolute Gasteiger partial charge is 0.193 e. The van der Waals surface area contributed by atoms with Crippen molar-refractivity contribution >= 4 is 30.7 Å². The minimum atomic E-state index is -2.44. The van der Waals surface area contributed by atoms with Crippen LogP contribution in [0.25, 0.3) is 0 Å². The zero-order valence-electron chi connectivity index (χ0n) is 42.5. The van der Waals surface area contributed by atoms with Gasteiger partial charge in [-0.2, -0.15) is 0 Å². The Labute approximate surface area is 395 Å². The van der Waals surface area contributed by atoms with Gasteiger partial charge in [0.1, 0.15) is 30.5 Å². The van der Waals surface area contributed by atoms with Crippen molar-refractivity contribution in [1.29, 1.82) is 0 Å². The van der Waals surface area contributed by atoms with Gasteiger partial charge in [0.15, 0.2) is 43.1 Å². The largest absolute Gasteiger partial charge is 0.414 e. The van der Waals surface area contributed by atoms with Crippen LogP contribution in [0, 0.1) is 0 Å². The van der Waals surface area contributed by atoms with Crippen LogP contribution in [0.3, 0.4) is 0 Å². The molecular weight excluding hydrogens is 869 g/mol. The summed E-state index contributed by atoms with van der Waals surface area (Å²) in [7, 11) is -5.56. The summed E-state index contributed by atoms with van der Waals surface area (Å²) >= 11 is 0. The number of hydrogen-bond donors (Lipinski definition) is 0. The Morgan fingerprint density at radius 2 is 0.969 bits per heavy atom. The first-order valence-corrected chi connectivity index (χ1v) is 32.3. The number of hydrogen-bond acceptors (Lipinski definition) is 10. The zero-order chi connectivity index (χ0) is 48.0. The highest BCUT2D eigenvalue weighted by molar-refractivity contribution is 6.75. The number of benzene rings is 3. The number of ketones is 1. The molecule has 2 saturated heterocycles. The second-order valence-corrected chi connectivity index (χ2v) is 36.9. The van der Waals surface area contributed by atoms with E-state index in [2.05, 4.69) is 102 Å². The second-order valence-electron chi connectivity index (χ2n) is 22.6. The molecule has 9 atom stereocenters. The zero-order valence-corrected chi connectivity index (χ0v) is 45.5. The van der Waals surface area contributed by atoms with Gasteiger partial charge in [0, 0.05) is 13.5 Å². The molecule has 0 spiro atoms. The van der Waals surface area contributed by atoms with Gasteiger partial charge in [-0.3, -0.25) is 4.79 Å². The van der Waals surface area contributed by atoms with Crippen LogP contribution < -0.4 is 0 Å². The molecule has 5 rings (SSSR count). The summed E-state index contributed by atoms with van der Waals surface area (Å²) in [4.78, 5) is 15.7. The number of rotatable bonds is 19. The van der Waals surface area contributed by atoms with Gasteiger partial charge in [0.25, 0.3) is 0 Å². The van der Waals surface area contributed by atoms with Crippen LogP contribution in [0.1, 0.15) is 85.4 Å². The van der Waals surface area contributed by atoms with Gasteiger partial charge in [-0.25, -0.2) is 0 Å². The number of carbonyl (C=O) groups excluding carboxylic acids is 1. The fraction of sp³-hybridized carbons (Fsp3) is 0.635. The average molecular weight is 951 g/mol. The first-order chi connectivity index (χ1) is 30.2. The summed E-state index contributed by atoms with van der Waals surface area (Å²) < 4.78 is 62.2. The van der Waals surface area contributed by atoms with Crippen LogP contribution in [-0.2, 0) is 66.3 Å². The monoisotopic (exact) mass is 951 g/mol. The standard InChI is InChI=1S/C52H82O10Si3/c1-50(2,3)63(11,12)58-36-42-44(62-65(15,16)52(7,8)9)41(61-64(13,14)51(4,5)6)32-40(59-42)43(53)45-46(55-33-37-26-20-17-21-27-37)47(56-34-38-28-22-18-23-29-38)48(49(54-10)60-45)57-35-39-30-24-19-25-31-39/h17-31,40-42,44-49H,32-36H2,1-16H3/t40-,41+,42+,44-,45-,46+,47-,48+,49-/m0/s1. The van der Waals surface area contributed by atoms with Crippen molar-refractivity contribution in [3.63, 3.8) is 0 Å². The molecule has 10 nitrogen and oxygen atoms in total.